The van der Waals surface area contributed by atoms with Crippen LogP contribution in [-0.4, -0.2) is 68.1 Å². The molecule has 0 aromatic carbocycles. The molecule has 0 atom stereocenters. The lowest BCUT2D eigenvalue weighted by molar-refractivity contribution is 0.00786. The first-order chi connectivity index (χ1) is 17.8. The van der Waals surface area contributed by atoms with Crippen molar-refractivity contribution in [3.05, 3.63) is 0 Å². The number of rotatable bonds is 18. The normalized spacial score (nSPS) is 31.5. The Morgan fingerprint density at radius 1 is 0.528 bits per heavy atom. The van der Waals surface area contributed by atoms with Crippen molar-refractivity contribution in [2.45, 2.75) is 134 Å². The molecule has 6 heteroatoms. The zero-order chi connectivity index (χ0) is 25.3. The maximum atomic E-state index is 8.86. The Bertz CT molecular complexity index is 513. The van der Waals surface area contributed by atoms with Crippen molar-refractivity contribution in [2.75, 3.05) is 39.5 Å². The zero-order valence-corrected chi connectivity index (χ0v) is 23.1. The molecule has 1 saturated heterocycles. The molecule has 0 bridgehead atoms. The number of hydrogen-bond acceptors (Lipinski definition) is 6. The largest absolute Gasteiger partial charge is 0.396 e. The summed E-state index contributed by atoms with van der Waals surface area (Å²) in [6.07, 6.45) is 23.1. The lowest BCUT2D eigenvalue weighted by Gasteiger charge is -2.39. The Morgan fingerprint density at radius 2 is 1.00 bits per heavy atom. The monoisotopic (exact) mass is 510 g/mol. The van der Waals surface area contributed by atoms with E-state index in [0.29, 0.717) is 31.6 Å². The number of ether oxygens (including phenoxy) is 2. The fourth-order valence-electron chi connectivity index (χ4n) is 6.55. The van der Waals surface area contributed by atoms with E-state index in [0.717, 1.165) is 69.5 Å². The van der Waals surface area contributed by atoms with E-state index in [2.05, 4.69) is 10.6 Å². The second-order valence-electron chi connectivity index (χ2n) is 11.9. The molecule has 6 nitrogen and oxygen atoms in total. The van der Waals surface area contributed by atoms with Gasteiger partial charge in [-0.15, -0.1) is 0 Å². The first kappa shape index (κ1) is 30.3. The summed E-state index contributed by atoms with van der Waals surface area (Å²) in [6, 6.07) is 0. The van der Waals surface area contributed by atoms with Crippen LogP contribution < -0.4 is 10.6 Å². The van der Waals surface area contributed by atoms with Crippen LogP contribution in [0.15, 0.2) is 0 Å². The third-order valence-electron chi connectivity index (χ3n) is 9.03. The molecule has 1 aliphatic heterocycles. The van der Waals surface area contributed by atoms with E-state index in [-0.39, 0.29) is 0 Å². The fraction of sp³-hybridized carbons (Fsp3) is 1.00. The highest BCUT2D eigenvalue weighted by Crippen LogP contribution is 2.32. The van der Waals surface area contributed by atoms with Crippen LogP contribution in [0.4, 0.5) is 0 Å². The van der Waals surface area contributed by atoms with Gasteiger partial charge >= 0.3 is 0 Å². The summed E-state index contributed by atoms with van der Waals surface area (Å²) in [5, 5.41) is 25.4. The molecule has 0 aromatic heterocycles. The predicted octanol–water partition coefficient (Wildman–Crippen LogP) is 5.16. The minimum Gasteiger partial charge on any atom is -0.396 e. The van der Waals surface area contributed by atoms with E-state index >= 15 is 0 Å². The van der Waals surface area contributed by atoms with Gasteiger partial charge < -0.3 is 30.3 Å². The summed E-state index contributed by atoms with van der Waals surface area (Å²) >= 11 is 0. The SMILES string of the molecule is OCCCCCCOC1CCC(CCC2CNC(C3CCC(OCCCCCCO)CC3)NC2)CC1. The number of unbranched alkanes of at least 4 members (excludes halogenated alkanes) is 6. The number of hydrogen-bond donors (Lipinski definition) is 4. The first-order valence-electron chi connectivity index (χ1n) is 15.7. The van der Waals surface area contributed by atoms with Gasteiger partial charge in [-0.25, -0.2) is 0 Å². The van der Waals surface area contributed by atoms with E-state index in [4.69, 9.17) is 19.7 Å². The van der Waals surface area contributed by atoms with Crippen LogP contribution in [-0.2, 0) is 9.47 Å². The third kappa shape index (κ3) is 12.1. The van der Waals surface area contributed by atoms with Gasteiger partial charge in [0, 0.05) is 39.5 Å². The van der Waals surface area contributed by atoms with E-state index < -0.39 is 0 Å². The Kier molecular flexibility index (Phi) is 15.9. The molecule has 4 N–H and O–H groups in total. The maximum Gasteiger partial charge on any atom is 0.0600 e. The Labute approximate surface area is 221 Å². The van der Waals surface area contributed by atoms with E-state index in [1.165, 1.54) is 90.1 Å². The van der Waals surface area contributed by atoms with Crippen molar-refractivity contribution in [3.63, 3.8) is 0 Å². The topological polar surface area (TPSA) is 83.0 Å². The molecule has 0 radical (unpaired) electrons. The van der Waals surface area contributed by atoms with Gasteiger partial charge in [-0.3, -0.25) is 0 Å². The summed E-state index contributed by atoms with van der Waals surface area (Å²) < 4.78 is 12.3. The molecule has 212 valence electrons. The minimum absolute atomic E-state index is 0.320. The Hall–Kier alpha value is -0.240. The van der Waals surface area contributed by atoms with E-state index in [1.807, 2.05) is 0 Å². The van der Waals surface area contributed by atoms with Crippen molar-refractivity contribution < 1.29 is 19.7 Å². The molecule has 3 aliphatic rings. The Morgan fingerprint density at radius 3 is 1.53 bits per heavy atom. The molecule has 2 saturated carbocycles. The second kappa shape index (κ2) is 18.9. The summed E-state index contributed by atoms with van der Waals surface area (Å²) in [4.78, 5) is 0. The highest BCUT2D eigenvalue weighted by molar-refractivity contribution is 4.86. The van der Waals surface area contributed by atoms with E-state index in [1.54, 1.807) is 0 Å². The third-order valence-corrected chi connectivity index (χ3v) is 9.03. The fourth-order valence-corrected chi connectivity index (χ4v) is 6.55. The number of aliphatic hydroxyl groups excluding tert-OH is 2. The highest BCUT2D eigenvalue weighted by atomic mass is 16.5. The quantitative estimate of drug-likeness (QED) is 0.191. The highest BCUT2D eigenvalue weighted by Gasteiger charge is 2.31. The number of aliphatic hydroxyl groups is 2. The van der Waals surface area contributed by atoms with Gasteiger partial charge in [-0.1, -0.05) is 32.1 Å². The molecular formula is C30H58N2O4. The molecule has 0 aromatic rings. The molecule has 0 amide bonds. The van der Waals surface area contributed by atoms with Crippen LogP contribution >= 0.6 is 0 Å². The molecule has 3 rings (SSSR count). The van der Waals surface area contributed by atoms with Crippen molar-refractivity contribution in [1.82, 2.24) is 10.6 Å². The lowest BCUT2D eigenvalue weighted by atomic mass is 9.81. The van der Waals surface area contributed by atoms with Crippen LogP contribution in [0, 0.1) is 17.8 Å². The summed E-state index contributed by atoms with van der Waals surface area (Å²) in [5.74, 6) is 2.43. The number of nitrogens with one attached hydrogen (secondary N) is 2. The van der Waals surface area contributed by atoms with Crippen LogP contribution in [0.5, 0.6) is 0 Å². The van der Waals surface area contributed by atoms with Gasteiger partial charge in [0.05, 0.1) is 18.4 Å². The standard InChI is InChI=1S/C30H58N2O4/c33-19-5-1-3-7-21-35-28-15-11-25(12-16-28)9-10-26-23-31-30(32-24-26)27-13-17-29(18-14-27)36-22-8-4-2-6-20-34/h25-34H,1-24H2. The summed E-state index contributed by atoms with van der Waals surface area (Å²) in [7, 11) is 0. The maximum absolute atomic E-state index is 8.86. The second-order valence-corrected chi connectivity index (χ2v) is 11.9. The van der Waals surface area contributed by atoms with Crippen LogP contribution in [0.3, 0.4) is 0 Å². The minimum atomic E-state index is 0.320. The van der Waals surface area contributed by atoms with Gasteiger partial charge in [-0.05, 0) is 101 Å². The van der Waals surface area contributed by atoms with Gasteiger partial charge in [0.25, 0.3) is 0 Å². The molecule has 2 aliphatic carbocycles. The summed E-state index contributed by atoms with van der Waals surface area (Å²) in [5.41, 5.74) is 0. The van der Waals surface area contributed by atoms with E-state index in [9.17, 15) is 0 Å². The molecule has 0 unspecified atom stereocenters. The van der Waals surface area contributed by atoms with Crippen molar-refractivity contribution in [3.8, 4) is 0 Å². The van der Waals surface area contributed by atoms with Crippen LogP contribution in [0.1, 0.15) is 116 Å². The van der Waals surface area contributed by atoms with Crippen molar-refractivity contribution >= 4 is 0 Å². The molecule has 36 heavy (non-hydrogen) atoms. The van der Waals surface area contributed by atoms with Gasteiger partial charge in [0.1, 0.15) is 0 Å². The Balaban J connectivity index is 1.16. The first-order valence-corrected chi connectivity index (χ1v) is 15.7. The van der Waals surface area contributed by atoms with Crippen molar-refractivity contribution in [2.24, 2.45) is 17.8 Å². The smallest absolute Gasteiger partial charge is 0.0600 e. The van der Waals surface area contributed by atoms with Gasteiger partial charge in [0.15, 0.2) is 0 Å². The average Bonchev–Trinajstić information content (AvgIpc) is 2.93. The van der Waals surface area contributed by atoms with Crippen LogP contribution in [0.2, 0.25) is 0 Å². The average molecular weight is 511 g/mol. The summed E-state index contributed by atoms with van der Waals surface area (Å²) in [6.45, 7) is 4.79. The molecule has 3 fully saturated rings. The van der Waals surface area contributed by atoms with Gasteiger partial charge in [0.2, 0.25) is 0 Å². The lowest BCUT2D eigenvalue weighted by Crippen LogP contribution is -2.56. The van der Waals surface area contributed by atoms with Crippen molar-refractivity contribution in [1.29, 1.82) is 0 Å². The van der Waals surface area contributed by atoms with Crippen LogP contribution in [0.25, 0.3) is 0 Å². The van der Waals surface area contributed by atoms with Gasteiger partial charge in [-0.2, -0.15) is 0 Å². The molecular weight excluding hydrogens is 452 g/mol. The molecule has 0 spiro atoms. The molecule has 1 heterocycles. The predicted molar refractivity (Wildman–Crippen MR) is 147 cm³/mol. The zero-order valence-electron chi connectivity index (χ0n) is 23.1.